The topological polar surface area (TPSA) is 53.1 Å². The summed E-state index contributed by atoms with van der Waals surface area (Å²) in [6, 6.07) is 7.45. The van der Waals surface area contributed by atoms with E-state index >= 15 is 0 Å². The maximum absolute atomic E-state index is 12.8. The molecule has 0 spiro atoms. The van der Waals surface area contributed by atoms with Gasteiger partial charge in [-0.2, -0.15) is 0 Å². The van der Waals surface area contributed by atoms with Crippen molar-refractivity contribution >= 4 is 11.8 Å². The van der Waals surface area contributed by atoms with E-state index in [1.807, 2.05) is 34.1 Å². The lowest BCUT2D eigenvalue weighted by Crippen LogP contribution is -2.36. The van der Waals surface area contributed by atoms with E-state index in [-0.39, 0.29) is 11.8 Å². The molecule has 0 bridgehead atoms. The van der Waals surface area contributed by atoms with Gasteiger partial charge < -0.3 is 19.4 Å². The first kappa shape index (κ1) is 20.6. The number of amides is 2. The number of rotatable bonds is 6. The van der Waals surface area contributed by atoms with Gasteiger partial charge in [0.2, 0.25) is 5.91 Å². The summed E-state index contributed by atoms with van der Waals surface area (Å²) >= 11 is 0. The quantitative estimate of drug-likeness (QED) is 0.704. The molecule has 2 amide bonds. The van der Waals surface area contributed by atoms with Gasteiger partial charge in [0.25, 0.3) is 5.91 Å². The minimum atomic E-state index is 0.0297. The molecule has 28 heavy (non-hydrogen) atoms. The molecule has 0 aromatic heterocycles. The first-order valence-corrected chi connectivity index (χ1v) is 10.6. The van der Waals surface area contributed by atoms with Crippen molar-refractivity contribution in [2.75, 3.05) is 52.4 Å². The van der Waals surface area contributed by atoms with Crippen molar-refractivity contribution in [2.24, 2.45) is 0 Å². The molecular formula is C22H33N3O3. The number of hydrogen-bond acceptors (Lipinski definition) is 4. The van der Waals surface area contributed by atoms with Crippen molar-refractivity contribution in [3.05, 3.63) is 29.8 Å². The lowest BCUT2D eigenvalue weighted by molar-refractivity contribution is -0.128. The summed E-state index contributed by atoms with van der Waals surface area (Å²) in [5.41, 5.74) is 0.678. The lowest BCUT2D eigenvalue weighted by atomic mass is 10.1. The second-order valence-electron chi connectivity index (χ2n) is 7.78. The van der Waals surface area contributed by atoms with Gasteiger partial charge in [0, 0.05) is 45.2 Å². The summed E-state index contributed by atoms with van der Waals surface area (Å²) in [6.45, 7) is 8.45. The van der Waals surface area contributed by atoms with Crippen LogP contribution in [-0.4, -0.2) is 78.9 Å². The van der Waals surface area contributed by atoms with Crippen molar-refractivity contribution in [3.63, 3.8) is 0 Å². The van der Waals surface area contributed by atoms with E-state index in [2.05, 4.69) is 4.90 Å². The van der Waals surface area contributed by atoms with Gasteiger partial charge in [0.1, 0.15) is 5.75 Å². The Morgan fingerprint density at radius 3 is 2.25 bits per heavy atom. The minimum Gasteiger partial charge on any atom is -0.494 e. The van der Waals surface area contributed by atoms with E-state index in [4.69, 9.17) is 4.74 Å². The van der Waals surface area contributed by atoms with Gasteiger partial charge in [-0.1, -0.05) is 6.42 Å². The van der Waals surface area contributed by atoms with Crippen LogP contribution in [0.5, 0.6) is 5.75 Å². The molecule has 154 valence electrons. The SMILES string of the molecule is CC(=O)N1CCCN(C(=O)c2ccc(OCCCN3CCCCC3)cc2)CC1. The van der Waals surface area contributed by atoms with Crippen LogP contribution in [0.4, 0.5) is 0 Å². The van der Waals surface area contributed by atoms with Crippen LogP contribution < -0.4 is 4.74 Å². The molecule has 0 atom stereocenters. The average Bonchev–Trinajstić information content (AvgIpc) is 2.98. The Hall–Kier alpha value is -2.08. The molecule has 2 heterocycles. The van der Waals surface area contributed by atoms with Gasteiger partial charge in [-0.3, -0.25) is 9.59 Å². The van der Waals surface area contributed by atoms with E-state index in [1.165, 1.54) is 32.4 Å². The van der Waals surface area contributed by atoms with Crippen LogP contribution in [0, 0.1) is 0 Å². The third kappa shape index (κ3) is 5.96. The first-order chi connectivity index (χ1) is 13.6. The molecule has 0 N–H and O–H groups in total. The number of piperidine rings is 1. The number of ether oxygens (including phenoxy) is 1. The molecule has 0 saturated carbocycles. The molecule has 2 saturated heterocycles. The number of carbonyl (C=O) groups is 2. The molecule has 2 fully saturated rings. The molecule has 1 aromatic carbocycles. The fraction of sp³-hybridized carbons (Fsp3) is 0.636. The van der Waals surface area contributed by atoms with Crippen molar-refractivity contribution in [2.45, 2.75) is 39.0 Å². The standard InChI is InChI=1S/C22H33N3O3/c1-19(26)24-14-5-15-25(17-16-24)22(27)20-7-9-21(10-8-20)28-18-6-13-23-11-3-2-4-12-23/h7-10H,2-6,11-18H2,1H3. The number of benzene rings is 1. The Balaban J connectivity index is 1.43. The first-order valence-electron chi connectivity index (χ1n) is 10.6. The Morgan fingerprint density at radius 2 is 1.54 bits per heavy atom. The molecule has 0 radical (unpaired) electrons. The molecule has 1 aromatic rings. The van der Waals surface area contributed by atoms with Crippen molar-refractivity contribution < 1.29 is 14.3 Å². The number of carbonyl (C=O) groups excluding carboxylic acids is 2. The summed E-state index contributed by atoms with van der Waals surface area (Å²) in [6.07, 6.45) is 5.86. The second kappa shape index (κ2) is 10.5. The molecule has 3 rings (SSSR count). The summed E-state index contributed by atoms with van der Waals surface area (Å²) in [5, 5.41) is 0. The van der Waals surface area contributed by atoms with Gasteiger partial charge in [0.15, 0.2) is 0 Å². The number of hydrogen-bond donors (Lipinski definition) is 0. The molecule has 2 aliphatic heterocycles. The highest BCUT2D eigenvalue weighted by atomic mass is 16.5. The third-order valence-electron chi connectivity index (χ3n) is 5.67. The van der Waals surface area contributed by atoms with Crippen LogP contribution in [0.15, 0.2) is 24.3 Å². The highest BCUT2D eigenvalue weighted by molar-refractivity contribution is 5.94. The molecular weight excluding hydrogens is 354 g/mol. The van der Waals surface area contributed by atoms with Crippen LogP contribution >= 0.6 is 0 Å². The van der Waals surface area contributed by atoms with Gasteiger partial charge >= 0.3 is 0 Å². The summed E-state index contributed by atoms with van der Waals surface area (Å²) in [7, 11) is 0. The smallest absolute Gasteiger partial charge is 0.253 e. The zero-order valence-corrected chi connectivity index (χ0v) is 17.1. The van der Waals surface area contributed by atoms with E-state index in [1.54, 1.807) is 6.92 Å². The van der Waals surface area contributed by atoms with Gasteiger partial charge in [-0.15, -0.1) is 0 Å². The van der Waals surface area contributed by atoms with E-state index in [0.29, 0.717) is 31.8 Å². The molecule has 0 aliphatic carbocycles. The monoisotopic (exact) mass is 387 g/mol. The van der Waals surface area contributed by atoms with Crippen molar-refractivity contribution in [1.29, 1.82) is 0 Å². The highest BCUT2D eigenvalue weighted by Crippen LogP contribution is 2.16. The van der Waals surface area contributed by atoms with Gasteiger partial charge in [0.05, 0.1) is 6.61 Å². The van der Waals surface area contributed by atoms with E-state index in [9.17, 15) is 9.59 Å². The summed E-state index contributed by atoms with van der Waals surface area (Å²) < 4.78 is 5.84. The minimum absolute atomic E-state index is 0.0297. The fourth-order valence-corrected chi connectivity index (χ4v) is 3.97. The third-order valence-corrected chi connectivity index (χ3v) is 5.67. The van der Waals surface area contributed by atoms with E-state index in [0.717, 1.165) is 31.7 Å². The largest absolute Gasteiger partial charge is 0.494 e. The van der Waals surface area contributed by atoms with Crippen LogP contribution in [0.1, 0.15) is 49.4 Å². The van der Waals surface area contributed by atoms with Crippen molar-refractivity contribution in [3.8, 4) is 5.75 Å². The Kier molecular flexibility index (Phi) is 7.71. The van der Waals surface area contributed by atoms with Crippen LogP contribution in [0.3, 0.4) is 0 Å². The van der Waals surface area contributed by atoms with Crippen molar-refractivity contribution in [1.82, 2.24) is 14.7 Å². The van der Waals surface area contributed by atoms with Gasteiger partial charge in [-0.25, -0.2) is 0 Å². The average molecular weight is 388 g/mol. The molecule has 0 unspecified atom stereocenters. The Bertz CT molecular complexity index is 641. The zero-order valence-electron chi connectivity index (χ0n) is 17.1. The summed E-state index contributed by atoms with van der Waals surface area (Å²) in [4.78, 5) is 30.5. The maximum Gasteiger partial charge on any atom is 0.253 e. The summed E-state index contributed by atoms with van der Waals surface area (Å²) in [5.74, 6) is 0.923. The lowest BCUT2D eigenvalue weighted by Gasteiger charge is -2.26. The van der Waals surface area contributed by atoms with Crippen LogP contribution in [-0.2, 0) is 4.79 Å². The predicted octanol–water partition coefficient (Wildman–Crippen LogP) is 2.64. The maximum atomic E-state index is 12.8. The second-order valence-corrected chi connectivity index (χ2v) is 7.78. The predicted molar refractivity (Wildman–Crippen MR) is 110 cm³/mol. The normalized spacial score (nSPS) is 18.6. The Morgan fingerprint density at radius 1 is 0.857 bits per heavy atom. The zero-order chi connectivity index (χ0) is 19.8. The van der Waals surface area contributed by atoms with Gasteiger partial charge in [-0.05, 0) is 63.0 Å². The molecule has 6 heteroatoms. The fourth-order valence-electron chi connectivity index (χ4n) is 3.97. The van der Waals surface area contributed by atoms with Crippen LogP contribution in [0.25, 0.3) is 0 Å². The number of likely N-dealkylation sites (tertiary alicyclic amines) is 1. The molecule has 2 aliphatic rings. The number of nitrogens with zero attached hydrogens (tertiary/aromatic N) is 3. The Labute approximate surface area is 168 Å². The van der Waals surface area contributed by atoms with Crippen LogP contribution in [0.2, 0.25) is 0 Å². The highest BCUT2D eigenvalue weighted by Gasteiger charge is 2.21. The molecule has 6 nitrogen and oxygen atoms in total. The van der Waals surface area contributed by atoms with E-state index < -0.39 is 0 Å².